The van der Waals surface area contributed by atoms with Gasteiger partial charge in [0.05, 0.1) is 17.2 Å². The largest absolute Gasteiger partial charge is 0.207 e. The Morgan fingerprint density at radius 1 is 1.00 bits per heavy atom. The molecule has 0 radical (unpaired) electrons. The van der Waals surface area contributed by atoms with E-state index in [1.165, 1.54) is 12.1 Å². The minimum Gasteiger partial charge on any atom is -0.207 e. The first-order valence-corrected chi connectivity index (χ1v) is 5.18. The second-order valence-corrected chi connectivity index (χ2v) is 3.89. The molecule has 0 unspecified atom stereocenters. The summed E-state index contributed by atoms with van der Waals surface area (Å²) in [6.07, 6.45) is 0. The van der Waals surface area contributed by atoms with Crippen LogP contribution in [0.25, 0.3) is 11.1 Å². The summed E-state index contributed by atoms with van der Waals surface area (Å²) in [5.41, 5.74) is 0.280. The second kappa shape index (κ2) is 4.53. The predicted molar refractivity (Wildman–Crippen MR) is 61.2 cm³/mol. The van der Waals surface area contributed by atoms with Crippen molar-refractivity contribution in [3.05, 3.63) is 58.9 Å². The molecule has 2 aromatic carbocycles. The first-order chi connectivity index (χ1) is 8.52. The van der Waals surface area contributed by atoms with E-state index >= 15 is 0 Å². The average Bonchev–Trinajstić information content (AvgIpc) is 2.32. The maximum atomic E-state index is 13.8. The zero-order valence-electron chi connectivity index (χ0n) is 9.47. The van der Waals surface area contributed by atoms with Crippen LogP contribution in [0.4, 0.5) is 13.2 Å². The number of benzene rings is 2. The van der Waals surface area contributed by atoms with Crippen molar-refractivity contribution in [2.24, 2.45) is 0 Å². The highest BCUT2D eigenvalue weighted by Gasteiger charge is 2.15. The lowest BCUT2D eigenvalue weighted by atomic mass is 9.98. The molecule has 4 heteroatoms. The Hall–Kier alpha value is -2.28. The van der Waals surface area contributed by atoms with Gasteiger partial charge in [0.1, 0.15) is 17.5 Å². The molecular weight excluding hydrogens is 239 g/mol. The third-order valence-corrected chi connectivity index (χ3v) is 2.64. The summed E-state index contributed by atoms with van der Waals surface area (Å²) in [4.78, 5) is 0. The second-order valence-electron chi connectivity index (χ2n) is 3.89. The van der Waals surface area contributed by atoms with Gasteiger partial charge in [-0.15, -0.1) is 0 Å². The molecule has 0 aliphatic heterocycles. The fraction of sp³-hybridized carbons (Fsp3) is 0.0714. The molecule has 0 fully saturated rings. The third-order valence-electron chi connectivity index (χ3n) is 2.64. The van der Waals surface area contributed by atoms with Crippen molar-refractivity contribution in [1.82, 2.24) is 0 Å². The maximum absolute atomic E-state index is 13.8. The monoisotopic (exact) mass is 247 g/mol. The van der Waals surface area contributed by atoms with Crippen LogP contribution in [-0.4, -0.2) is 0 Å². The van der Waals surface area contributed by atoms with E-state index in [9.17, 15) is 13.2 Å². The summed E-state index contributed by atoms with van der Waals surface area (Å²) >= 11 is 0. The molecule has 18 heavy (non-hydrogen) atoms. The van der Waals surface area contributed by atoms with Crippen LogP contribution in [0.3, 0.4) is 0 Å². The third kappa shape index (κ3) is 2.07. The van der Waals surface area contributed by atoms with Gasteiger partial charge < -0.3 is 0 Å². The van der Waals surface area contributed by atoms with Gasteiger partial charge in [-0.05, 0) is 42.3 Å². The lowest BCUT2D eigenvalue weighted by Gasteiger charge is -2.09. The number of halogens is 3. The molecule has 0 atom stereocenters. The van der Waals surface area contributed by atoms with E-state index in [1.54, 1.807) is 13.0 Å². The van der Waals surface area contributed by atoms with Gasteiger partial charge in [0.25, 0.3) is 0 Å². The van der Waals surface area contributed by atoms with Crippen molar-refractivity contribution in [3.8, 4) is 17.2 Å². The van der Waals surface area contributed by atoms with E-state index in [2.05, 4.69) is 0 Å². The van der Waals surface area contributed by atoms with Crippen molar-refractivity contribution in [2.45, 2.75) is 6.92 Å². The molecule has 0 aliphatic rings. The fourth-order valence-corrected chi connectivity index (χ4v) is 1.76. The number of hydrogen-bond acceptors (Lipinski definition) is 1. The van der Waals surface area contributed by atoms with Gasteiger partial charge in [-0.2, -0.15) is 5.26 Å². The van der Waals surface area contributed by atoms with Crippen LogP contribution in [0.1, 0.15) is 11.1 Å². The van der Waals surface area contributed by atoms with Crippen LogP contribution < -0.4 is 0 Å². The average molecular weight is 247 g/mol. The van der Waals surface area contributed by atoms with Crippen molar-refractivity contribution in [1.29, 1.82) is 5.26 Å². The van der Waals surface area contributed by atoms with Gasteiger partial charge in [0.2, 0.25) is 0 Å². The van der Waals surface area contributed by atoms with E-state index in [0.29, 0.717) is 5.56 Å². The quantitative estimate of drug-likeness (QED) is 0.748. The Labute approximate surface area is 102 Å². The number of aryl methyl sites for hydroxylation is 1. The molecule has 0 spiro atoms. The summed E-state index contributed by atoms with van der Waals surface area (Å²) in [6.45, 7) is 1.63. The summed E-state index contributed by atoms with van der Waals surface area (Å²) in [5.74, 6) is -2.32. The van der Waals surface area contributed by atoms with Crippen molar-refractivity contribution < 1.29 is 13.2 Å². The number of nitriles is 1. The van der Waals surface area contributed by atoms with Crippen molar-refractivity contribution >= 4 is 0 Å². The molecule has 1 nitrogen and oxygen atoms in total. The smallest absolute Gasteiger partial charge is 0.135 e. The predicted octanol–water partition coefficient (Wildman–Crippen LogP) is 3.95. The highest BCUT2D eigenvalue weighted by Crippen LogP contribution is 2.30. The van der Waals surface area contributed by atoms with Crippen molar-refractivity contribution in [2.75, 3.05) is 0 Å². The van der Waals surface area contributed by atoms with Gasteiger partial charge in [-0.25, -0.2) is 13.2 Å². The van der Waals surface area contributed by atoms with Gasteiger partial charge >= 0.3 is 0 Å². The molecule has 0 heterocycles. The van der Waals surface area contributed by atoms with E-state index in [0.717, 1.165) is 18.2 Å². The van der Waals surface area contributed by atoms with Gasteiger partial charge in [-0.3, -0.25) is 0 Å². The summed E-state index contributed by atoms with van der Waals surface area (Å²) in [6, 6.07) is 7.26. The molecule has 0 saturated carbocycles. The number of nitrogens with zero attached hydrogens (tertiary/aromatic N) is 1. The molecule has 2 aromatic rings. The molecular formula is C14H8F3N. The van der Waals surface area contributed by atoms with Crippen LogP contribution in [0.15, 0.2) is 30.3 Å². The van der Waals surface area contributed by atoms with Crippen LogP contribution in [0.2, 0.25) is 0 Å². The zero-order chi connectivity index (χ0) is 13.3. The molecule has 90 valence electrons. The SMILES string of the molecule is Cc1ccc(F)cc1-c1c(F)cc(C#N)cc1F. The molecule has 0 aliphatic carbocycles. The van der Waals surface area contributed by atoms with Crippen LogP contribution >= 0.6 is 0 Å². The van der Waals surface area contributed by atoms with E-state index in [4.69, 9.17) is 5.26 Å². The molecule has 0 N–H and O–H groups in total. The number of hydrogen-bond donors (Lipinski definition) is 0. The van der Waals surface area contributed by atoms with Crippen LogP contribution in [-0.2, 0) is 0 Å². The van der Waals surface area contributed by atoms with Gasteiger partial charge in [-0.1, -0.05) is 6.07 Å². The standard InChI is InChI=1S/C14H8F3N/c1-8-2-3-10(15)6-11(8)14-12(16)4-9(7-18)5-13(14)17/h2-6H,1H3. The van der Waals surface area contributed by atoms with Crippen molar-refractivity contribution in [3.63, 3.8) is 0 Å². The zero-order valence-corrected chi connectivity index (χ0v) is 9.47. The summed E-state index contributed by atoms with van der Waals surface area (Å²) < 4.78 is 40.7. The fourth-order valence-electron chi connectivity index (χ4n) is 1.76. The first-order valence-electron chi connectivity index (χ1n) is 5.18. The molecule has 2 rings (SSSR count). The number of rotatable bonds is 1. The Bertz CT molecular complexity index is 634. The summed E-state index contributed by atoms with van der Waals surface area (Å²) in [5, 5.41) is 8.60. The van der Waals surface area contributed by atoms with Gasteiger partial charge in [0.15, 0.2) is 0 Å². The molecule has 0 amide bonds. The Morgan fingerprint density at radius 3 is 2.17 bits per heavy atom. The summed E-state index contributed by atoms with van der Waals surface area (Å²) in [7, 11) is 0. The Morgan fingerprint density at radius 2 is 1.61 bits per heavy atom. The topological polar surface area (TPSA) is 23.8 Å². The van der Waals surface area contributed by atoms with E-state index in [1.807, 2.05) is 0 Å². The van der Waals surface area contributed by atoms with Gasteiger partial charge in [0, 0.05) is 0 Å². The van der Waals surface area contributed by atoms with E-state index in [-0.39, 0.29) is 16.7 Å². The van der Waals surface area contributed by atoms with Crippen LogP contribution in [0, 0.1) is 35.7 Å². The van der Waals surface area contributed by atoms with Crippen LogP contribution in [0.5, 0.6) is 0 Å². The maximum Gasteiger partial charge on any atom is 0.135 e. The Kier molecular flexibility index (Phi) is 3.07. The molecule has 0 bridgehead atoms. The molecule has 0 saturated heterocycles. The highest BCUT2D eigenvalue weighted by atomic mass is 19.1. The Balaban J connectivity index is 2.72. The lowest BCUT2D eigenvalue weighted by molar-refractivity contribution is 0.587. The minimum absolute atomic E-state index is 0.109. The molecule has 0 aromatic heterocycles. The first kappa shape index (κ1) is 12.2. The highest BCUT2D eigenvalue weighted by molar-refractivity contribution is 5.69. The minimum atomic E-state index is -0.875. The lowest BCUT2D eigenvalue weighted by Crippen LogP contribution is -1.95. The van der Waals surface area contributed by atoms with E-state index < -0.39 is 17.5 Å². The normalized spacial score (nSPS) is 10.2.